The highest BCUT2D eigenvalue weighted by Gasteiger charge is 2.19. The number of hydrogen-bond donors (Lipinski definition) is 2. The Balaban J connectivity index is 1.93. The zero-order valence-corrected chi connectivity index (χ0v) is 13.3. The molecule has 9 heteroatoms. The lowest BCUT2D eigenvalue weighted by Crippen LogP contribution is -2.14. The summed E-state index contributed by atoms with van der Waals surface area (Å²) in [6.45, 7) is 0. The SMILES string of the molecule is O=C(O)c1cc(S(=O)(=O)Nc2cccc(-c3cnco3)c2)ccc1F. The van der Waals surface area contributed by atoms with Crippen LogP contribution in [0.3, 0.4) is 0 Å². The van der Waals surface area contributed by atoms with E-state index in [4.69, 9.17) is 9.52 Å². The molecule has 25 heavy (non-hydrogen) atoms. The van der Waals surface area contributed by atoms with E-state index in [-0.39, 0.29) is 10.6 Å². The molecule has 128 valence electrons. The molecule has 0 saturated carbocycles. The summed E-state index contributed by atoms with van der Waals surface area (Å²) < 4.78 is 45.7. The van der Waals surface area contributed by atoms with E-state index in [1.54, 1.807) is 12.1 Å². The molecule has 1 aromatic heterocycles. The van der Waals surface area contributed by atoms with Crippen molar-refractivity contribution in [2.45, 2.75) is 4.90 Å². The summed E-state index contributed by atoms with van der Waals surface area (Å²) in [6, 6.07) is 8.91. The van der Waals surface area contributed by atoms with E-state index in [0.29, 0.717) is 11.3 Å². The molecule has 0 bridgehead atoms. The lowest BCUT2D eigenvalue weighted by Gasteiger charge is -2.10. The molecular formula is C16H11FN2O5S. The minimum Gasteiger partial charge on any atom is -0.478 e. The molecule has 2 aromatic carbocycles. The van der Waals surface area contributed by atoms with Gasteiger partial charge in [0.25, 0.3) is 10.0 Å². The zero-order valence-electron chi connectivity index (χ0n) is 12.5. The van der Waals surface area contributed by atoms with Crippen LogP contribution < -0.4 is 4.72 Å². The molecule has 3 rings (SSSR count). The largest absolute Gasteiger partial charge is 0.478 e. The topological polar surface area (TPSA) is 110 Å². The van der Waals surface area contributed by atoms with Crippen LogP contribution >= 0.6 is 0 Å². The van der Waals surface area contributed by atoms with Gasteiger partial charge in [-0.1, -0.05) is 12.1 Å². The first-order valence-electron chi connectivity index (χ1n) is 6.91. The molecule has 0 amide bonds. The number of oxazole rings is 1. The van der Waals surface area contributed by atoms with E-state index in [9.17, 15) is 17.6 Å². The van der Waals surface area contributed by atoms with Crippen LogP contribution in [-0.4, -0.2) is 24.5 Å². The summed E-state index contributed by atoms with van der Waals surface area (Å²) in [5.41, 5.74) is 0.108. The number of rotatable bonds is 5. The number of aromatic nitrogens is 1. The van der Waals surface area contributed by atoms with E-state index in [2.05, 4.69) is 9.71 Å². The minimum atomic E-state index is -4.10. The number of halogens is 1. The second-order valence-electron chi connectivity index (χ2n) is 5.00. The monoisotopic (exact) mass is 362 g/mol. The maximum atomic E-state index is 13.4. The van der Waals surface area contributed by atoms with E-state index < -0.39 is 27.4 Å². The van der Waals surface area contributed by atoms with Gasteiger partial charge in [-0.2, -0.15) is 0 Å². The number of benzene rings is 2. The Hall–Kier alpha value is -3.20. The first-order valence-corrected chi connectivity index (χ1v) is 8.40. The number of carboxylic acid groups (broad SMARTS) is 1. The van der Waals surface area contributed by atoms with Crippen molar-refractivity contribution in [2.24, 2.45) is 0 Å². The Kier molecular flexibility index (Phi) is 4.24. The van der Waals surface area contributed by atoms with Crippen molar-refractivity contribution in [3.05, 3.63) is 66.4 Å². The normalized spacial score (nSPS) is 11.2. The van der Waals surface area contributed by atoms with E-state index >= 15 is 0 Å². The number of nitrogens with zero attached hydrogens (tertiary/aromatic N) is 1. The maximum Gasteiger partial charge on any atom is 0.338 e. The van der Waals surface area contributed by atoms with Gasteiger partial charge < -0.3 is 9.52 Å². The molecule has 0 aliphatic rings. The van der Waals surface area contributed by atoms with Crippen LogP contribution in [0, 0.1) is 5.82 Å². The lowest BCUT2D eigenvalue weighted by molar-refractivity contribution is 0.0691. The summed E-state index contributed by atoms with van der Waals surface area (Å²) in [6.07, 6.45) is 2.73. The number of anilines is 1. The third-order valence-electron chi connectivity index (χ3n) is 3.31. The average Bonchev–Trinajstić information content (AvgIpc) is 3.09. The van der Waals surface area contributed by atoms with E-state index in [1.807, 2.05) is 0 Å². The van der Waals surface area contributed by atoms with Gasteiger partial charge >= 0.3 is 5.97 Å². The number of carboxylic acids is 1. The molecule has 7 nitrogen and oxygen atoms in total. The van der Waals surface area contributed by atoms with Crippen molar-refractivity contribution in [2.75, 3.05) is 4.72 Å². The molecule has 0 radical (unpaired) electrons. The zero-order chi connectivity index (χ0) is 18.0. The van der Waals surface area contributed by atoms with Gasteiger partial charge in [-0.25, -0.2) is 22.6 Å². The van der Waals surface area contributed by atoms with Crippen LogP contribution in [0.2, 0.25) is 0 Å². The Morgan fingerprint density at radius 1 is 1.20 bits per heavy atom. The quantitative estimate of drug-likeness (QED) is 0.722. The summed E-state index contributed by atoms with van der Waals surface area (Å²) in [5, 5.41) is 8.92. The van der Waals surface area contributed by atoms with Gasteiger partial charge in [0, 0.05) is 11.3 Å². The van der Waals surface area contributed by atoms with Gasteiger partial charge in [0.15, 0.2) is 12.2 Å². The predicted molar refractivity (Wildman–Crippen MR) is 86.1 cm³/mol. The Labute approximate surface area is 141 Å². The number of aromatic carboxylic acids is 1. The van der Waals surface area contributed by atoms with Crippen LogP contribution in [0.5, 0.6) is 0 Å². The predicted octanol–water partition coefficient (Wildman–Crippen LogP) is 2.98. The van der Waals surface area contributed by atoms with Crippen LogP contribution in [0.1, 0.15) is 10.4 Å². The standard InChI is InChI=1S/C16H11FN2O5S/c17-14-5-4-12(7-13(14)16(20)21)25(22,23)19-11-3-1-2-10(6-11)15-8-18-9-24-15/h1-9,19H,(H,20,21). The van der Waals surface area contributed by atoms with Crippen molar-refractivity contribution in [3.8, 4) is 11.3 Å². The average molecular weight is 362 g/mol. The van der Waals surface area contributed by atoms with Crippen molar-refractivity contribution in [1.82, 2.24) is 4.98 Å². The van der Waals surface area contributed by atoms with Crippen LogP contribution in [0.25, 0.3) is 11.3 Å². The fraction of sp³-hybridized carbons (Fsp3) is 0. The lowest BCUT2D eigenvalue weighted by atomic mass is 10.2. The molecular weight excluding hydrogens is 351 g/mol. The number of hydrogen-bond acceptors (Lipinski definition) is 5. The molecule has 0 atom stereocenters. The van der Waals surface area contributed by atoms with Crippen LogP contribution in [0.15, 0.2) is 64.4 Å². The Morgan fingerprint density at radius 2 is 2.00 bits per heavy atom. The minimum absolute atomic E-state index is 0.232. The van der Waals surface area contributed by atoms with Crippen molar-refractivity contribution < 1.29 is 27.1 Å². The Bertz CT molecular complexity index is 1030. The van der Waals surface area contributed by atoms with Crippen molar-refractivity contribution >= 4 is 21.7 Å². The summed E-state index contributed by atoms with van der Waals surface area (Å²) in [4.78, 5) is 14.4. The van der Waals surface area contributed by atoms with Gasteiger partial charge in [0.05, 0.1) is 16.7 Å². The summed E-state index contributed by atoms with van der Waals surface area (Å²) >= 11 is 0. The number of carbonyl (C=O) groups is 1. The van der Waals surface area contributed by atoms with Crippen LogP contribution in [-0.2, 0) is 10.0 Å². The highest BCUT2D eigenvalue weighted by atomic mass is 32.2. The third kappa shape index (κ3) is 3.50. The molecule has 0 spiro atoms. The summed E-state index contributed by atoms with van der Waals surface area (Å²) in [7, 11) is -4.10. The first-order chi connectivity index (χ1) is 11.9. The molecule has 2 N–H and O–H groups in total. The number of nitrogens with one attached hydrogen (secondary N) is 1. The molecule has 0 aliphatic heterocycles. The van der Waals surface area contributed by atoms with Gasteiger partial charge in [-0.05, 0) is 30.3 Å². The second-order valence-corrected chi connectivity index (χ2v) is 6.68. The molecule has 0 aliphatic carbocycles. The van der Waals surface area contributed by atoms with Gasteiger partial charge in [0.2, 0.25) is 0 Å². The molecule has 1 heterocycles. The third-order valence-corrected chi connectivity index (χ3v) is 4.69. The van der Waals surface area contributed by atoms with Crippen LogP contribution in [0.4, 0.5) is 10.1 Å². The van der Waals surface area contributed by atoms with Crippen molar-refractivity contribution in [1.29, 1.82) is 0 Å². The first kappa shape index (κ1) is 16.7. The smallest absolute Gasteiger partial charge is 0.338 e. The highest BCUT2D eigenvalue weighted by Crippen LogP contribution is 2.24. The fourth-order valence-electron chi connectivity index (χ4n) is 2.14. The van der Waals surface area contributed by atoms with Gasteiger partial charge in [0.1, 0.15) is 5.82 Å². The Morgan fingerprint density at radius 3 is 2.68 bits per heavy atom. The van der Waals surface area contributed by atoms with E-state index in [0.717, 1.165) is 18.2 Å². The molecule has 0 fully saturated rings. The summed E-state index contributed by atoms with van der Waals surface area (Å²) in [5.74, 6) is -2.11. The molecule has 0 unspecified atom stereocenters. The van der Waals surface area contributed by atoms with E-state index in [1.165, 1.54) is 24.7 Å². The highest BCUT2D eigenvalue weighted by molar-refractivity contribution is 7.92. The van der Waals surface area contributed by atoms with Gasteiger partial charge in [-0.3, -0.25) is 4.72 Å². The second kappa shape index (κ2) is 6.36. The molecule has 3 aromatic rings. The molecule has 0 saturated heterocycles. The van der Waals surface area contributed by atoms with Gasteiger partial charge in [-0.15, -0.1) is 0 Å². The fourth-order valence-corrected chi connectivity index (χ4v) is 3.22. The van der Waals surface area contributed by atoms with Crippen molar-refractivity contribution in [3.63, 3.8) is 0 Å². The maximum absolute atomic E-state index is 13.4. The number of sulfonamides is 1.